The lowest BCUT2D eigenvalue weighted by atomic mass is 9.99. The van der Waals surface area contributed by atoms with E-state index in [-0.39, 0.29) is 28.1 Å². The molecule has 1 aliphatic rings. The molecule has 2 aromatic rings. The highest BCUT2D eigenvalue weighted by Gasteiger charge is 2.24. The molecule has 0 fully saturated rings. The fourth-order valence-electron chi connectivity index (χ4n) is 2.23. The molecule has 0 spiro atoms. The summed E-state index contributed by atoms with van der Waals surface area (Å²) in [5, 5.41) is 4.06. The number of sulfonamides is 1. The molecule has 0 saturated heterocycles. The molecule has 0 radical (unpaired) electrons. The second-order valence-corrected chi connectivity index (χ2v) is 7.94. The van der Waals surface area contributed by atoms with Gasteiger partial charge >= 0.3 is 6.09 Å². The summed E-state index contributed by atoms with van der Waals surface area (Å²) in [4.78, 5) is 11.4. The van der Waals surface area contributed by atoms with Crippen LogP contribution in [0.3, 0.4) is 0 Å². The minimum Gasteiger partial charge on any atom is -0.449 e. The Morgan fingerprint density at radius 1 is 1.43 bits per heavy atom. The lowest BCUT2D eigenvalue weighted by molar-refractivity contribution is 0.158. The van der Waals surface area contributed by atoms with Crippen LogP contribution in [0.5, 0.6) is 0 Å². The highest BCUT2D eigenvalue weighted by atomic mass is 32.2. The SMILES string of the molecule is CC1COC(=O)Nc2cc(F)c(NS(=O)(=O)c3cccs3)cc21. The van der Waals surface area contributed by atoms with E-state index in [0.717, 1.165) is 17.4 Å². The third-order valence-corrected chi connectivity index (χ3v) is 6.14. The molecule has 0 bridgehead atoms. The molecule has 1 unspecified atom stereocenters. The Labute approximate surface area is 136 Å². The molecule has 0 saturated carbocycles. The van der Waals surface area contributed by atoms with Gasteiger partial charge in [-0.3, -0.25) is 10.0 Å². The zero-order chi connectivity index (χ0) is 16.6. The monoisotopic (exact) mass is 356 g/mol. The second kappa shape index (κ2) is 5.82. The second-order valence-electron chi connectivity index (χ2n) is 5.08. The number of thiophene rings is 1. The van der Waals surface area contributed by atoms with Crippen LogP contribution in [0.25, 0.3) is 0 Å². The number of halogens is 1. The number of fused-ring (bicyclic) bond motifs is 1. The standard InChI is InChI=1S/C14H13FN2O4S2/c1-8-7-21-14(18)16-11-6-10(15)12(5-9(8)11)17-23(19,20)13-3-2-4-22-13/h2-6,8,17H,7H2,1H3,(H,16,18). The maximum absolute atomic E-state index is 14.2. The van der Waals surface area contributed by atoms with Crippen LogP contribution < -0.4 is 10.0 Å². The third-order valence-electron chi connectivity index (χ3n) is 3.38. The van der Waals surface area contributed by atoms with Gasteiger partial charge in [0.2, 0.25) is 0 Å². The topological polar surface area (TPSA) is 84.5 Å². The van der Waals surface area contributed by atoms with E-state index >= 15 is 0 Å². The van der Waals surface area contributed by atoms with E-state index in [1.54, 1.807) is 18.4 Å². The number of anilines is 2. The molecule has 23 heavy (non-hydrogen) atoms. The molecule has 1 amide bonds. The van der Waals surface area contributed by atoms with Crippen molar-refractivity contribution in [1.82, 2.24) is 0 Å². The summed E-state index contributed by atoms with van der Waals surface area (Å²) in [5.74, 6) is -0.979. The Hall–Kier alpha value is -2.13. The van der Waals surface area contributed by atoms with Crippen molar-refractivity contribution in [2.75, 3.05) is 16.6 Å². The van der Waals surface area contributed by atoms with Crippen LogP contribution in [-0.2, 0) is 14.8 Å². The molecule has 1 atom stereocenters. The van der Waals surface area contributed by atoms with Gasteiger partial charge in [0, 0.05) is 5.92 Å². The van der Waals surface area contributed by atoms with Crippen molar-refractivity contribution >= 4 is 38.8 Å². The van der Waals surface area contributed by atoms with E-state index in [0.29, 0.717) is 5.56 Å². The van der Waals surface area contributed by atoms with E-state index in [2.05, 4.69) is 10.0 Å². The Kier molecular flexibility index (Phi) is 3.99. The van der Waals surface area contributed by atoms with Crippen molar-refractivity contribution in [1.29, 1.82) is 0 Å². The number of hydrogen-bond donors (Lipinski definition) is 2. The maximum Gasteiger partial charge on any atom is 0.411 e. The van der Waals surface area contributed by atoms with Crippen molar-refractivity contribution in [2.45, 2.75) is 17.1 Å². The average Bonchev–Trinajstić information content (AvgIpc) is 2.98. The number of amides is 1. The molecule has 1 aliphatic heterocycles. The van der Waals surface area contributed by atoms with Crippen LogP contribution in [0, 0.1) is 5.82 Å². The van der Waals surface area contributed by atoms with Crippen molar-refractivity contribution in [3.63, 3.8) is 0 Å². The van der Waals surface area contributed by atoms with Gasteiger partial charge in [0.1, 0.15) is 10.0 Å². The Morgan fingerprint density at radius 2 is 2.22 bits per heavy atom. The Bertz CT molecular complexity index is 850. The van der Waals surface area contributed by atoms with Crippen molar-refractivity contribution < 1.29 is 22.3 Å². The summed E-state index contributed by atoms with van der Waals surface area (Å²) >= 11 is 1.04. The molecule has 3 rings (SSSR count). The molecule has 122 valence electrons. The molecule has 6 nitrogen and oxygen atoms in total. The van der Waals surface area contributed by atoms with E-state index in [9.17, 15) is 17.6 Å². The Morgan fingerprint density at radius 3 is 2.91 bits per heavy atom. The number of hydrogen-bond acceptors (Lipinski definition) is 5. The van der Waals surface area contributed by atoms with Crippen molar-refractivity contribution in [3.8, 4) is 0 Å². The van der Waals surface area contributed by atoms with E-state index in [1.807, 2.05) is 0 Å². The third kappa shape index (κ3) is 3.15. The average molecular weight is 356 g/mol. The first kappa shape index (κ1) is 15.8. The first-order valence-electron chi connectivity index (χ1n) is 6.70. The van der Waals surface area contributed by atoms with Crippen LogP contribution in [-0.4, -0.2) is 21.1 Å². The Balaban J connectivity index is 2.00. The predicted octanol–water partition coefficient (Wildman–Crippen LogP) is 3.35. The summed E-state index contributed by atoms with van der Waals surface area (Å²) in [6.45, 7) is 1.93. The van der Waals surface area contributed by atoms with Crippen LogP contribution in [0.1, 0.15) is 18.4 Å². The molecule has 0 aliphatic carbocycles. The minimum absolute atomic E-state index is 0.0940. The normalized spacial score (nSPS) is 17.7. The summed E-state index contributed by atoms with van der Waals surface area (Å²) in [6.07, 6.45) is -0.665. The molecular formula is C14H13FN2O4S2. The predicted molar refractivity (Wildman–Crippen MR) is 84.9 cm³/mol. The van der Waals surface area contributed by atoms with Gasteiger partial charge in [0.15, 0.2) is 0 Å². The smallest absolute Gasteiger partial charge is 0.411 e. The van der Waals surface area contributed by atoms with Gasteiger partial charge in [-0.1, -0.05) is 13.0 Å². The lowest BCUT2D eigenvalue weighted by Gasteiger charge is -2.14. The fourth-order valence-corrected chi connectivity index (χ4v) is 4.28. The summed E-state index contributed by atoms with van der Waals surface area (Å²) in [6, 6.07) is 5.51. The highest BCUT2D eigenvalue weighted by molar-refractivity contribution is 7.94. The molecule has 2 N–H and O–H groups in total. The highest BCUT2D eigenvalue weighted by Crippen LogP contribution is 2.33. The van der Waals surface area contributed by atoms with Crippen LogP contribution in [0.2, 0.25) is 0 Å². The fraction of sp³-hybridized carbons (Fsp3) is 0.214. The van der Waals surface area contributed by atoms with Gasteiger partial charge in [-0.15, -0.1) is 11.3 Å². The van der Waals surface area contributed by atoms with Gasteiger partial charge in [-0.05, 0) is 29.1 Å². The number of carbonyl (C=O) groups excluding carboxylic acids is 1. The quantitative estimate of drug-likeness (QED) is 0.883. The summed E-state index contributed by atoms with van der Waals surface area (Å²) in [7, 11) is -3.85. The lowest BCUT2D eigenvalue weighted by Crippen LogP contribution is -2.14. The first-order valence-corrected chi connectivity index (χ1v) is 9.06. The van der Waals surface area contributed by atoms with Crippen molar-refractivity contribution in [2.24, 2.45) is 0 Å². The first-order chi connectivity index (χ1) is 10.9. The number of rotatable bonds is 3. The number of benzene rings is 1. The van der Waals surface area contributed by atoms with Gasteiger partial charge in [-0.2, -0.15) is 0 Å². The molecule has 1 aromatic carbocycles. The van der Waals surface area contributed by atoms with Crippen molar-refractivity contribution in [3.05, 3.63) is 41.0 Å². The molecule has 2 heterocycles. The van der Waals surface area contributed by atoms with Crippen LogP contribution in [0.15, 0.2) is 33.9 Å². The van der Waals surface area contributed by atoms with Gasteiger partial charge in [0.25, 0.3) is 10.0 Å². The number of cyclic esters (lactones) is 1. The van der Waals surface area contributed by atoms with Gasteiger partial charge < -0.3 is 4.74 Å². The zero-order valence-electron chi connectivity index (χ0n) is 12.0. The molecule has 1 aromatic heterocycles. The number of ether oxygens (including phenoxy) is 1. The molecular weight excluding hydrogens is 343 g/mol. The zero-order valence-corrected chi connectivity index (χ0v) is 13.6. The van der Waals surface area contributed by atoms with E-state index in [1.165, 1.54) is 12.1 Å². The maximum atomic E-state index is 14.2. The molecule has 9 heteroatoms. The van der Waals surface area contributed by atoms with E-state index < -0.39 is 21.9 Å². The van der Waals surface area contributed by atoms with E-state index in [4.69, 9.17) is 4.74 Å². The largest absolute Gasteiger partial charge is 0.449 e. The summed E-state index contributed by atoms with van der Waals surface area (Å²) < 4.78 is 45.9. The van der Waals surface area contributed by atoms with Gasteiger partial charge in [0.05, 0.1) is 18.0 Å². The number of nitrogens with one attached hydrogen (secondary N) is 2. The van der Waals surface area contributed by atoms with Crippen LogP contribution >= 0.6 is 11.3 Å². The summed E-state index contributed by atoms with van der Waals surface area (Å²) in [5.41, 5.74) is 0.706. The van der Waals surface area contributed by atoms with Gasteiger partial charge in [-0.25, -0.2) is 17.6 Å². The number of carbonyl (C=O) groups is 1. The minimum atomic E-state index is -3.85. The van der Waals surface area contributed by atoms with Crippen LogP contribution in [0.4, 0.5) is 20.6 Å².